The number of hydrogen-bond donors (Lipinski definition) is 1. The molecule has 0 spiro atoms. The summed E-state index contributed by atoms with van der Waals surface area (Å²) in [7, 11) is 0. The summed E-state index contributed by atoms with van der Waals surface area (Å²) >= 11 is 3.24. The quantitative estimate of drug-likeness (QED) is 0.941. The van der Waals surface area contributed by atoms with Crippen LogP contribution in [0, 0.1) is 5.82 Å². The van der Waals surface area contributed by atoms with E-state index < -0.39 is 0 Å². The van der Waals surface area contributed by atoms with E-state index in [2.05, 4.69) is 26.3 Å². The van der Waals surface area contributed by atoms with E-state index in [9.17, 15) is 4.39 Å². The van der Waals surface area contributed by atoms with E-state index >= 15 is 0 Å². The number of nitrogens with one attached hydrogen (secondary N) is 1. The average Bonchev–Trinajstić information content (AvgIpc) is 3.05. The van der Waals surface area contributed by atoms with Gasteiger partial charge in [0.1, 0.15) is 11.5 Å². The van der Waals surface area contributed by atoms with Gasteiger partial charge in [0, 0.05) is 23.3 Å². The first-order chi connectivity index (χ1) is 8.72. The van der Waals surface area contributed by atoms with Crippen LogP contribution in [-0.4, -0.2) is 15.8 Å². The maximum absolute atomic E-state index is 13.8. The molecule has 5 heteroatoms. The van der Waals surface area contributed by atoms with Gasteiger partial charge in [-0.2, -0.15) is 5.10 Å². The van der Waals surface area contributed by atoms with Crippen molar-refractivity contribution in [2.45, 2.75) is 25.4 Å². The third-order valence-corrected chi connectivity index (χ3v) is 3.44. The summed E-state index contributed by atoms with van der Waals surface area (Å²) in [4.78, 5) is 0. The molecule has 1 saturated carbocycles. The van der Waals surface area contributed by atoms with Crippen molar-refractivity contribution in [1.29, 1.82) is 0 Å². The Kier molecular flexibility index (Phi) is 3.18. The van der Waals surface area contributed by atoms with Crippen LogP contribution < -0.4 is 5.32 Å². The van der Waals surface area contributed by atoms with Crippen LogP contribution in [0.3, 0.4) is 0 Å². The number of benzene rings is 1. The summed E-state index contributed by atoms with van der Waals surface area (Å²) in [5, 5.41) is 7.75. The van der Waals surface area contributed by atoms with Crippen LogP contribution in [0.15, 0.2) is 34.9 Å². The fourth-order valence-electron chi connectivity index (χ4n) is 1.79. The predicted octanol–water partition coefficient (Wildman–Crippen LogP) is 3.03. The van der Waals surface area contributed by atoms with Crippen molar-refractivity contribution < 1.29 is 4.39 Å². The van der Waals surface area contributed by atoms with Gasteiger partial charge >= 0.3 is 0 Å². The molecule has 3 rings (SSSR count). The highest BCUT2D eigenvalue weighted by molar-refractivity contribution is 9.10. The largest absolute Gasteiger partial charge is 0.308 e. The van der Waals surface area contributed by atoms with Crippen LogP contribution in [0.25, 0.3) is 5.69 Å². The third-order valence-electron chi connectivity index (χ3n) is 2.95. The minimum Gasteiger partial charge on any atom is -0.308 e. The molecule has 0 unspecified atom stereocenters. The van der Waals surface area contributed by atoms with Gasteiger partial charge in [-0.3, -0.25) is 0 Å². The van der Waals surface area contributed by atoms with Crippen molar-refractivity contribution in [2.75, 3.05) is 0 Å². The first-order valence-corrected chi connectivity index (χ1v) is 6.75. The van der Waals surface area contributed by atoms with Crippen LogP contribution in [0.4, 0.5) is 4.39 Å². The number of halogens is 2. The standard InChI is InChI=1S/C13H13BrFN3/c14-9-1-4-13(12(15)7-9)18-6-5-11(17-18)8-16-10-2-3-10/h1,4-7,10,16H,2-3,8H2. The molecule has 1 fully saturated rings. The van der Waals surface area contributed by atoms with Crippen molar-refractivity contribution in [3.8, 4) is 5.69 Å². The van der Waals surface area contributed by atoms with Crippen molar-refractivity contribution in [1.82, 2.24) is 15.1 Å². The third kappa shape index (κ3) is 2.62. The Morgan fingerprint density at radius 2 is 2.22 bits per heavy atom. The number of hydrogen-bond acceptors (Lipinski definition) is 2. The molecular weight excluding hydrogens is 297 g/mol. The van der Waals surface area contributed by atoms with E-state index in [0.717, 1.165) is 16.7 Å². The monoisotopic (exact) mass is 309 g/mol. The second-order valence-corrected chi connectivity index (χ2v) is 5.42. The van der Waals surface area contributed by atoms with Gasteiger partial charge in [0.15, 0.2) is 0 Å². The van der Waals surface area contributed by atoms with Crippen molar-refractivity contribution in [2.24, 2.45) is 0 Å². The van der Waals surface area contributed by atoms with E-state index in [0.29, 0.717) is 11.7 Å². The molecule has 1 aliphatic carbocycles. The van der Waals surface area contributed by atoms with E-state index in [-0.39, 0.29) is 5.82 Å². The Bertz CT molecular complexity index is 563. The highest BCUT2D eigenvalue weighted by Gasteiger charge is 2.20. The zero-order valence-electron chi connectivity index (χ0n) is 9.74. The highest BCUT2D eigenvalue weighted by Crippen LogP contribution is 2.20. The van der Waals surface area contributed by atoms with E-state index in [1.54, 1.807) is 16.9 Å². The normalized spacial score (nSPS) is 15.0. The molecule has 0 amide bonds. The molecule has 0 bridgehead atoms. The van der Waals surface area contributed by atoms with Gasteiger partial charge in [0.2, 0.25) is 0 Å². The van der Waals surface area contributed by atoms with Crippen molar-refractivity contribution in [3.63, 3.8) is 0 Å². The number of nitrogens with zero attached hydrogens (tertiary/aromatic N) is 2. The van der Waals surface area contributed by atoms with Crippen LogP contribution in [-0.2, 0) is 6.54 Å². The molecule has 1 aromatic carbocycles. The van der Waals surface area contributed by atoms with Crippen LogP contribution in [0.1, 0.15) is 18.5 Å². The van der Waals surface area contributed by atoms with Gasteiger partial charge in [-0.05, 0) is 37.1 Å². The lowest BCUT2D eigenvalue weighted by Crippen LogP contribution is -2.15. The molecule has 1 aromatic heterocycles. The summed E-state index contributed by atoms with van der Waals surface area (Å²) in [6.45, 7) is 0.746. The van der Waals surface area contributed by atoms with E-state index in [4.69, 9.17) is 0 Å². The molecule has 0 saturated heterocycles. The summed E-state index contributed by atoms with van der Waals surface area (Å²) in [5.74, 6) is -0.283. The summed E-state index contributed by atoms with van der Waals surface area (Å²) in [5.41, 5.74) is 1.40. The van der Waals surface area contributed by atoms with Crippen LogP contribution in [0.5, 0.6) is 0 Å². The molecule has 1 aliphatic rings. The molecule has 94 valence electrons. The fraction of sp³-hybridized carbons (Fsp3) is 0.308. The first-order valence-electron chi connectivity index (χ1n) is 5.96. The lowest BCUT2D eigenvalue weighted by Gasteiger charge is -2.03. The van der Waals surface area contributed by atoms with E-state index in [1.807, 2.05) is 12.1 Å². The van der Waals surface area contributed by atoms with Gasteiger partial charge in [-0.15, -0.1) is 0 Å². The molecule has 0 aliphatic heterocycles. The topological polar surface area (TPSA) is 29.9 Å². The Labute approximate surface area is 113 Å². The summed E-state index contributed by atoms with van der Waals surface area (Å²) < 4.78 is 16.1. The summed E-state index contributed by atoms with van der Waals surface area (Å²) in [6, 6.07) is 7.53. The fourth-order valence-corrected chi connectivity index (χ4v) is 2.13. The smallest absolute Gasteiger partial charge is 0.149 e. The maximum Gasteiger partial charge on any atom is 0.149 e. The second-order valence-electron chi connectivity index (χ2n) is 4.50. The van der Waals surface area contributed by atoms with Gasteiger partial charge < -0.3 is 5.32 Å². The molecular formula is C13H13BrFN3. The average molecular weight is 310 g/mol. The molecule has 1 N–H and O–H groups in total. The zero-order chi connectivity index (χ0) is 12.5. The lowest BCUT2D eigenvalue weighted by molar-refractivity contribution is 0.606. The first kappa shape index (κ1) is 11.9. The lowest BCUT2D eigenvalue weighted by atomic mass is 10.3. The Balaban J connectivity index is 1.78. The predicted molar refractivity (Wildman–Crippen MR) is 71.1 cm³/mol. The van der Waals surface area contributed by atoms with Gasteiger partial charge in [-0.1, -0.05) is 15.9 Å². The second kappa shape index (κ2) is 4.82. The van der Waals surface area contributed by atoms with Gasteiger partial charge in [-0.25, -0.2) is 9.07 Å². The number of aromatic nitrogens is 2. The van der Waals surface area contributed by atoms with Crippen LogP contribution in [0.2, 0.25) is 0 Å². The SMILES string of the molecule is Fc1cc(Br)ccc1-n1ccc(CNC2CC2)n1. The zero-order valence-corrected chi connectivity index (χ0v) is 11.3. The minimum atomic E-state index is -0.283. The Morgan fingerprint density at radius 1 is 1.39 bits per heavy atom. The van der Waals surface area contributed by atoms with Gasteiger partial charge in [0.25, 0.3) is 0 Å². The summed E-state index contributed by atoms with van der Waals surface area (Å²) in [6.07, 6.45) is 4.29. The number of rotatable bonds is 4. The molecule has 0 radical (unpaired) electrons. The van der Waals surface area contributed by atoms with Crippen molar-refractivity contribution in [3.05, 3.63) is 46.4 Å². The highest BCUT2D eigenvalue weighted by atomic mass is 79.9. The molecule has 2 aromatic rings. The maximum atomic E-state index is 13.8. The molecule has 18 heavy (non-hydrogen) atoms. The molecule has 3 nitrogen and oxygen atoms in total. The Morgan fingerprint density at radius 3 is 2.94 bits per heavy atom. The molecule has 0 atom stereocenters. The molecule has 1 heterocycles. The van der Waals surface area contributed by atoms with E-state index in [1.165, 1.54) is 18.9 Å². The Hall–Kier alpha value is -1.20. The van der Waals surface area contributed by atoms with Gasteiger partial charge in [0.05, 0.1) is 5.69 Å². The van der Waals surface area contributed by atoms with Crippen molar-refractivity contribution >= 4 is 15.9 Å². The minimum absolute atomic E-state index is 0.283. The van der Waals surface area contributed by atoms with Crippen LogP contribution >= 0.6 is 15.9 Å².